The molecule has 1 saturated carbocycles. The predicted molar refractivity (Wildman–Crippen MR) is 75.1 cm³/mol. The van der Waals surface area contributed by atoms with Crippen LogP contribution >= 0.6 is 0 Å². The number of nitrogens with zero attached hydrogens (tertiary/aromatic N) is 2. The standard InChI is InChI=1S/C14H23N3O/c1-2-15-13-8-4-9-14(16-13)17(10-5-11-18)12-6-3-7-12/h4,8-9,12,18H,2-3,5-7,10-11H2,1H3,(H,15,16). The third-order valence-electron chi connectivity index (χ3n) is 3.46. The van der Waals surface area contributed by atoms with Gasteiger partial charge in [0, 0.05) is 25.7 Å². The lowest BCUT2D eigenvalue weighted by atomic mass is 9.91. The van der Waals surface area contributed by atoms with E-state index in [1.54, 1.807) is 0 Å². The van der Waals surface area contributed by atoms with Gasteiger partial charge in [-0.05, 0) is 44.7 Å². The number of hydrogen-bond donors (Lipinski definition) is 2. The van der Waals surface area contributed by atoms with Crippen molar-refractivity contribution in [1.29, 1.82) is 0 Å². The molecule has 4 nitrogen and oxygen atoms in total. The smallest absolute Gasteiger partial charge is 0.131 e. The number of pyridine rings is 1. The second-order valence-electron chi connectivity index (χ2n) is 4.77. The highest BCUT2D eigenvalue weighted by Crippen LogP contribution is 2.29. The monoisotopic (exact) mass is 249 g/mol. The molecule has 1 aromatic heterocycles. The van der Waals surface area contributed by atoms with Crippen molar-refractivity contribution in [3.05, 3.63) is 18.2 Å². The van der Waals surface area contributed by atoms with Crippen LogP contribution in [0.3, 0.4) is 0 Å². The van der Waals surface area contributed by atoms with E-state index in [4.69, 9.17) is 5.11 Å². The maximum atomic E-state index is 9.01. The van der Waals surface area contributed by atoms with Gasteiger partial charge in [0.05, 0.1) is 0 Å². The first-order valence-corrected chi connectivity index (χ1v) is 6.93. The molecular formula is C14H23N3O. The number of anilines is 2. The minimum absolute atomic E-state index is 0.246. The summed E-state index contributed by atoms with van der Waals surface area (Å²) in [6.07, 6.45) is 4.62. The molecule has 100 valence electrons. The quantitative estimate of drug-likeness (QED) is 0.778. The van der Waals surface area contributed by atoms with Gasteiger partial charge in [-0.3, -0.25) is 0 Å². The number of hydrogen-bond acceptors (Lipinski definition) is 4. The van der Waals surface area contributed by atoms with Crippen molar-refractivity contribution in [1.82, 2.24) is 4.98 Å². The molecule has 18 heavy (non-hydrogen) atoms. The summed E-state index contributed by atoms with van der Waals surface area (Å²) in [4.78, 5) is 7.00. The molecule has 1 aliphatic carbocycles. The number of rotatable bonds is 7. The third-order valence-corrected chi connectivity index (χ3v) is 3.46. The van der Waals surface area contributed by atoms with Crippen LogP contribution in [0, 0.1) is 0 Å². The van der Waals surface area contributed by atoms with Crippen LogP contribution in [0.2, 0.25) is 0 Å². The van der Waals surface area contributed by atoms with Crippen LogP contribution in [0.5, 0.6) is 0 Å². The van der Waals surface area contributed by atoms with Gasteiger partial charge in [-0.2, -0.15) is 0 Å². The minimum Gasteiger partial charge on any atom is -0.396 e. The summed E-state index contributed by atoms with van der Waals surface area (Å²) in [6.45, 7) is 4.10. The van der Waals surface area contributed by atoms with E-state index in [0.717, 1.165) is 31.1 Å². The van der Waals surface area contributed by atoms with Crippen molar-refractivity contribution in [3.8, 4) is 0 Å². The zero-order chi connectivity index (χ0) is 12.8. The SMILES string of the molecule is CCNc1cccc(N(CCCO)C2CCC2)n1. The Kier molecular flexibility index (Phi) is 4.81. The van der Waals surface area contributed by atoms with Crippen LogP contribution in [-0.4, -0.2) is 35.8 Å². The molecule has 0 aliphatic heterocycles. The fraction of sp³-hybridized carbons (Fsp3) is 0.643. The summed E-state index contributed by atoms with van der Waals surface area (Å²) < 4.78 is 0. The largest absolute Gasteiger partial charge is 0.396 e. The second-order valence-corrected chi connectivity index (χ2v) is 4.77. The first kappa shape index (κ1) is 13.1. The molecule has 0 atom stereocenters. The van der Waals surface area contributed by atoms with Crippen molar-refractivity contribution in [2.75, 3.05) is 29.9 Å². The Morgan fingerprint density at radius 2 is 2.28 bits per heavy atom. The maximum absolute atomic E-state index is 9.01. The number of aliphatic hydroxyl groups is 1. The lowest BCUT2D eigenvalue weighted by Crippen LogP contribution is -2.41. The first-order chi connectivity index (χ1) is 8.85. The van der Waals surface area contributed by atoms with Gasteiger partial charge in [0.1, 0.15) is 11.6 Å². The van der Waals surface area contributed by atoms with E-state index in [1.165, 1.54) is 19.3 Å². The van der Waals surface area contributed by atoms with E-state index in [2.05, 4.69) is 28.2 Å². The number of nitrogens with one attached hydrogen (secondary N) is 1. The van der Waals surface area contributed by atoms with Crippen LogP contribution in [0.1, 0.15) is 32.6 Å². The Balaban J connectivity index is 2.10. The van der Waals surface area contributed by atoms with E-state index in [0.29, 0.717) is 6.04 Å². The van der Waals surface area contributed by atoms with Gasteiger partial charge in [-0.1, -0.05) is 6.07 Å². The fourth-order valence-electron chi connectivity index (χ4n) is 2.29. The van der Waals surface area contributed by atoms with E-state index in [1.807, 2.05) is 12.1 Å². The summed E-state index contributed by atoms with van der Waals surface area (Å²) in [6, 6.07) is 6.72. The second kappa shape index (κ2) is 6.59. The lowest BCUT2D eigenvalue weighted by Gasteiger charge is -2.38. The molecule has 0 aromatic carbocycles. The summed E-state index contributed by atoms with van der Waals surface area (Å²) in [5.74, 6) is 1.97. The van der Waals surface area contributed by atoms with Crippen molar-refractivity contribution < 1.29 is 5.11 Å². The fourth-order valence-corrected chi connectivity index (χ4v) is 2.29. The summed E-state index contributed by atoms with van der Waals surface area (Å²) in [5.41, 5.74) is 0. The molecular weight excluding hydrogens is 226 g/mol. The van der Waals surface area contributed by atoms with Crippen molar-refractivity contribution in [2.45, 2.75) is 38.6 Å². The molecule has 0 saturated heterocycles. The molecule has 0 bridgehead atoms. The Hall–Kier alpha value is -1.29. The Morgan fingerprint density at radius 3 is 2.89 bits per heavy atom. The topological polar surface area (TPSA) is 48.4 Å². The lowest BCUT2D eigenvalue weighted by molar-refractivity contribution is 0.282. The summed E-state index contributed by atoms with van der Waals surface area (Å²) in [7, 11) is 0. The minimum atomic E-state index is 0.246. The van der Waals surface area contributed by atoms with Gasteiger partial charge >= 0.3 is 0 Å². The normalized spacial score (nSPS) is 15.2. The third kappa shape index (κ3) is 3.13. The van der Waals surface area contributed by atoms with Gasteiger partial charge < -0.3 is 15.3 Å². The van der Waals surface area contributed by atoms with E-state index in [9.17, 15) is 0 Å². The van der Waals surface area contributed by atoms with Gasteiger partial charge in [0.25, 0.3) is 0 Å². The van der Waals surface area contributed by atoms with Gasteiger partial charge in [0.15, 0.2) is 0 Å². The van der Waals surface area contributed by atoms with Crippen molar-refractivity contribution in [2.24, 2.45) is 0 Å². The van der Waals surface area contributed by atoms with Crippen LogP contribution in [0.4, 0.5) is 11.6 Å². The number of aliphatic hydroxyl groups excluding tert-OH is 1. The van der Waals surface area contributed by atoms with Gasteiger partial charge in [-0.25, -0.2) is 4.98 Å². The summed E-state index contributed by atoms with van der Waals surface area (Å²) >= 11 is 0. The van der Waals surface area contributed by atoms with E-state index in [-0.39, 0.29) is 6.61 Å². The molecule has 1 aromatic rings. The maximum Gasteiger partial charge on any atom is 0.131 e. The highest BCUT2D eigenvalue weighted by molar-refractivity contribution is 5.48. The van der Waals surface area contributed by atoms with E-state index < -0.39 is 0 Å². The molecule has 0 amide bonds. The van der Waals surface area contributed by atoms with Gasteiger partial charge in [0.2, 0.25) is 0 Å². The molecule has 0 radical (unpaired) electrons. The average molecular weight is 249 g/mol. The van der Waals surface area contributed by atoms with Crippen LogP contribution in [-0.2, 0) is 0 Å². The molecule has 0 unspecified atom stereocenters. The van der Waals surface area contributed by atoms with Gasteiger partial charge in [-0.15, -0.1) is 0 Å². The van der Waals surface area contributed by atoms with Crippen LogP contribution in [0.25, 0.3) is 0 Å². The molecule has 1 aliphatic rings. The van der Waals surface area contributed by atoms with Crippen LogP contribution < -0.4 is 10.2 Å². The zero-order valence-corrected chi connectivity index (χ0v) is 11.1. The molecule has 1 fully saturated rings. The molecule has 1 heterocycles. The molecule has 0 spiro atoms. The molecule has 4 heteroatoms. The van der Waals surface area contributed by atoms with Crippen molar-refractivity contribution >= 4 is 11.6 Å². The zero-order valence-electron chi connectivity index (χ0n) is 11.1. The predicted octanol–water partition coefficient (Wildman–Crippen LogP) is 2.25. The highest BCUT2D eigenvalue weighted by Gasteiger charge is 2.25. The molecule has 2 rings (SSSR count). The average Bonchev–Trinajstić information content (AvgIpc) is 2.33. The highest BCUT2D eigenvalue weighted by atomic mass is 16.3. The Labute approximate surface area is 109 Å². The van der Waals surface area contributed by atoms with Crippen LogP contribution in [0.15, 0.2) is 18.2 Å². The Bertz CT molecular complexity index is 366. The molecule has 2 N–H and O–H groups in total. The first-order valence-electron chi connectivity index (χ1n) is 6.93. The Morgan fingerprint density at radius 1 is 1.44 bits per heavy atom. The van der Waals surface area contributed by atoms with E-state index >= 15 is 0 Å². The van der Waals surface area contributed by atoms with Crippen molar-refractivity contribution in [3.63, 3.8) is 0 Å². The number of aromatic nitrogens is 1. The summed E-state index contributed by atoms with van der Waals surface area (Å²) in [5, 5.41) is 12.3.